The first-order valence-electron chi connectivity index (χ1n) is 10.9. The van der Waals surface area contributed by atoms with Crippen LogP contribution in [-0.4, -0.2) is 47.8 Å². The summed E-state index contributed by atoms with van der Waals surface area (Å²) >= 11 is 0. The molecule has 8 nitrogen and oxygen atoms in total. The van der Waals surface area contributed by atoms with Gasteiger partial charge in [0.15, 0.2) is 0 Å². The van der Waals surface area contributed by atoms with Crippen molar-refractivity contribution in [3.05, 3.63) is 53.9 Å². The van der Waals surface area contributed by atoms with Crippen molar-refractivity contribution in [2.24, 2.45) is 5.92 Å². The summed E-state index contributed by atoms with van der Waals surface area (Å²) in [6.07, 6.45) is -3.05. The highest BCUT2D eigenvalue weighted by atomic mass is 19.4. The molecule has 1 aliphatic rings. The third-order valence-corrected chi connectivity index (χ3v) is 5.68. The van der Waals surface area contributed by atoms with Crippen LogP contribution in [-0.2, 0) is 17.4 Å². The molecule has 1 saturated heterocycles. The van der Waals surface area contributed by atoms with E-state index in [0.29, 0.717) is 37.8 Å². The molecule has 1 aliphatic heterocycles. The van der Waals surface area contributed by atoms with E-state index in [4.69, 9.17) is 9.26 Å². The maximum absolute atomic E-state index is 12.8. The Morgan fingerprint density at radius 3 is 2.56 bits per heavy atom. The molecule has 34 heavy (non-hydrogen) atoms. The molecule has 180 valence electrons. The van der Waals surface area contributed by atoms with Gasteiger partial charge in [0, 0.05) is 43.2 Å². The molecule has 4 rings (SSSR count). The van der Waals surface area contributed by atoms with E-state index < -0.39 is 11.9 Å². The van der Waals surface area contributed by atoms with Gasteiger partial charge in [-0.1, -0.05) is 11.2 Å². The Hall–Kier alpha value is -3.63. The van der Waals surface area contributed by atoms with Crippen LogP contribution in [0, 0.1) is 5.92 Å². The van der Waals surface area contributed by atoms with Crippen LogP contribution in [0.15, 0.2) is 47.0 Å². The zero-order chi connectivity index (χ0) is 24.1. The second-order valence-electron chi connectivity index (χ2n) is 7.94. The van der Waals surface area contributed by atoms with E-state index >= 15 is 0 Å². The Labute approximate surface area is 194 Å². The van der Waals surface area contributed by atoms with Gasteiger partial charge >= 0.3 is 12.2 Å². The highest BCUT2D eigenvalue weighted by molar-refractivity contribution is 5.78. The number of rotatable bonds is 7. The van der Waals surface area contributed by atoms with Crippen LogP contribution in [0.25, 0.3) is 11.4 Å². The molecule has 1 N–H and O–H groups in total. The van der Waals surface area contributed by atoms with Gasteiger partial charge in [0.1, 0.15) is 11.4 Å². The summed E-state index contributed by atoms with van der Waals surface area (Å²) in [7, 11) is 1.60. The van der Waals surface area contributed by atoms with Crippen LogP contribution in [0.3, 0.4) is 0 Å². The van der Waals surface area contributed by atoms with E-state index in [1.54, 1.807) is 7.11 Å². The molecule has 0 aliphatic carbocycles. The number of aromatic nitrogens is 3. The zero-order valence-electron chi connectivity index (χ0n) is 18.5. The summed E-state index contributed by atoms with van der Waals surface area (Å²) in [5, 5.41) is 6.85. The molecule has 0 radical (unpaired) electrons. The number of piperidine rings is 1. The summed E-state index contributed by atoms with van der Waals surface area (Å²) < 4.78 is 48.9. The van der Waals surface area contributed by atoms with Gasteiger partial charge in [0.25, 0.3) is 0 Å². The van der Waals surface area contributed by atoms with Crippen molar-refractivity contribution in [3.8, 4) is 17.1 Å². The Kier molecular flexibility index (Phi) is 6.99. The van der Waals surface area contributed by atoms with Crippen LogP contribution in [0.1, 0.15) is 24.2 Å². The van der Waals surface area contributed by atoms with Crippen LogP contribution in [0.2, 0.25) is 0 Å². The highest BCUT2D eigenvalue weighted by Crippen LogP contribution is 2.28. The lowest BCUT2D eigenvalue weighted by molar-refractivity contribution is -0.141. The Bertz CT molecular complexity index is 1110. The summed E-state index contributed by atoms with van der Waals surface area (Å²) in [5.41, 5.74) is 0.161. The van der Waals surface area contributed by atoms with Crippen molar-refractivity contribution in [2.75, 3.05) is 31.6 Å². The maximum Gasteiger partial charge on any atom is 0.433 e. The van der Waals surface area contributed by atoms with Crippen molar-refractivity contribution in [3.63, 3.8) is 0 Å². The number of anilines is 1. The van der Waals surface area contributed by atoms with Gasteiger partial charge in [-0.05, 0) is 49.2 Å². The Morgan fingerprint density at radius 2 is 1.88 bits per heavy atom. The summed E-state index contributed by atoms with van der Waals surface area (Å²) in [6.45, 7) is 1.39. The first kappa shape index (κ1) is 23.5. The smallest absolute Gasteiger partial charge is 0.433 e. The van der Waals surface area contributed by atoms with Crippen LogP contribution < -0.4 is 15.0 Å². The summed E-state index contributed by atoms with van der Waals surface area (Å²) in [6, 6.07) is 11.5. The lowest BCUT2D eigenvalue weighted by Gasteiger charge is -2.29. The third-order valence-electron chi connectivity index (χ3n) is 5.68. The first-order chi connectivity index (χ1) is 16.3. The fourth-order valence-electron chi connectivity index (χ4n) is 3.77. The van der Waals surface area contributed by atoms with E-state index in [-0.39, 0.29) is 30.5 Å². The molecule has 3 aromatic rings. The number of amides is 1. The number of nitrogens with one attached hydrogen (secondary N) is 1. The lowest BCUT2D eigenvalue weighted by Crippen LogP contribution is -2.41. The van der Waals surface area contributed by atoms with Gasteiger partial charge in [-0.3, -0.25) is 4.79 Å². The number of halogens is 3. The number of carbonyl (C=O) groups excluding carboxylic acids is 1. The van der Waals surface area contributed by atoms with Gasteiger partial charge < -0.3 is 19.5 Å². The third kappa shape index (κ3) is 5.64. The molecular formula is C23H24F3N5O3. The largest absolute Gasteiger partial charge is 0.497 e. The molecule has 11 heteroatoms. The minimum atomic E-state index is -4.49. The van der Waals surface area contributed by atoms with E-state index in [1.165, 1.54) is 12.1 Å². The number of nitrogens with zero attached hydrogens (tertiary/aromatic N) is 4. The predicted octanol–water partition coefficient (Wildman–Crippen LogP) is 3.73. The molecule has 1 fully saturated rings. The molecule has 0 unspecified atom stereocenters. The van der Waals surface area contributed by atoms with E-state index in [9.17, 15) is 18.0 Å². The van der Waals surface area contributed by atoms with E-state index in [0.717, 1.165) is 17.4 Å². The predicted molar refractivity (Wildman–Crippen MR) is 117 cm³/mol. The van der Waals surface area contributed by atoms with Crippen LogP contribution in [0.4, 0.5) is 19.2 Å². The average molecular weight is 475 g/mol. The second kappa shape index (κ2) is 10.1. The topological polar surface area (TPSA) is 93.4 Å². The fraction of sp³-hybridized carbons (Fsp3) is 0.391. The SMILES string of the molecule is COc1ccc(-c2noc(N3CCC(C(=O)NCCc4cccc(C(F)(F)F)n4)CC3)n2)cc1. The van der Waals surface area contributed by atoms with E-state index in [1.807, 2.05) is 29.2 Å². The molecule has 0 atom stereocenters. The van der Waals surface area contributed by atoms with Crippen molar-refractivity contribution in [1.29, 1.82) is 0 Å². The number of methoxy groups -OCH3 is 1. The normalized spacial score (nSPS) is 14.8. The van der Waals surface area contributed by atoms with Gasteiger partial charge in [-0.2, -0.15) is 18.2 Å². The van der Waals surface area contributed by atoms with Crippen molar-refractivity contribution < 1.29 is 27.2 Å². The molecule has 3 heterocycles. The highest BCUT2D eigenvalue weighted by Gasteiger charge is 2.32. The second-order valence-corrected chi connectivity index (χ2v) is 7.94. The average Bonchev–Trinajstić information content (AvgIpc) is 3.34. The van der Waals surface area contributed by atoms with Crippen molar-refractivity contribution >= 4 is 11.9 Å². The summed E-state index contributed by atoms with van der Waals surface area (Å²) in [4.78, 5) is 22.5. The molecule has 2 aromatic heterocycles. The van der Waals surface area contributed by atoms with Crippen molar-refractivity contribution in [1.82, 2.24) is 20.4 Å². The van der Waals surface area contributed by atoms with Crippen molar-refractivity contribution in [2.45, 2.75) is 25.4 Å². The lowest BCUT2D eigenvalue weighted by atomic mass is 9.96. The number of alkyl halides is 3. The minimum absolute atomic E-state index is 0.115. The molecule has 0 spiro atoms. The van der Waals surface area contributed by atoms with Gasteiger partial charge in [0.05, 0.1) is 7.11 Å². The standard InChI is InChI=1S/C23H24F3N5O3/c1-33-18-7-5-15(6-8-18)20-29-22(34-30-20)31-13-10-16(11-14-31)21(32)27-12-9-17-3-2-4-19(28-17)23(24,25)26/h2-8,16H,9-14H2,1H3,(H,27,32). The number of benzene rings is 1. The number of pyridine rings is 1. The van der Waals surface area contributed by atoms with Gasteiger partial charge in [0.2, 0.25) is 11.7 Å². The quantitative estimate of drug-likeness (QED) is 0.557. The number of hydrogen-bond acceptors (Lipinski definition) is 7. The number of carbonyl (C=O) groups is 1. The van der Waals surface area contributed by atoms with E-state index in [2.05, 4.69) is 20.4 Å². The number of hydrogen-bond donors (Lipinski definition) is 1. The Morgan fingerprint density at radius 1 is 1.15 bits per heavy atom. The van der Waals surface area contributed by atoms with Crippen LogP contribution in [0.5, 0.6) is 5.75 Å². The van der Waals surface area contributed by atoms with Gasteiger partial charge in [-0.15, -0.1) is 0 Å². The monoisotopic (exact) mass is 475 g/mol. The first-order valence-corrected chi connectivity index (χ1v) is 10.9. The maximum atomic E-state index is 12.8. The minimum Gasteiger partial charge on any atom is -0.497 e. The number of ether oxygens (including phenoxy) is 1. The molecule has 1 amide bonds. The molecular weight excluding hydrogens is 451 g/mol. The zero-order valence-corrected chi connectivity index (χ0v) is 18.5. The Balaban J connectivity index is 1.24. The molecule has 1 aromatic carbocycles. The molecule has 0 saturated carbocycles. The van der Waals surface area contributed by atoms with Gasteiger partial charge in [-0.25, -0.2) is 4.98 Å². The van der Waals surface area contributed by atoms with Crippen LogP contribution >= 0.6 is 0 Å². The fourth-order valence-corrected chi connectivity index (χ4v) is 3.77. The summed E-state index contributed by atoms with van der Waals surface area (Å²) in [5.74, 6) is 0.908. The molecule has 0 bridgehead atoms.